The van der Waals surface area contributed by atoms with E-state index in [1.165, 1.54) is 19.3 Å². The monoisotopic (exact) mass is 158 g/mol. The average Bonchev–Trinajstić information content (AvgIpc) is 2.17. The Morgan fingerprint density at radius 1 is 1.27 bits per heavy atom. The van der Waals surface area contributed by atoms with E-state index in [4.69, 9.17) is 5.73 Å². The summed E-state index contributed by atoms with van der Waals surface area (Å²) in [4.78, 5) is 0. The summed E-state index contributed by atoms with van der Waals surface area (Å²) in [6.45, 7) is 8.24. The van der Waals surface area contributed by atoms with E-state index in [0.29, 0.717) is 0 Å². The molecular weight excluding hydrogens is 136 g/mol. The first kappa shape index (κ1) is 10.9. The van der Waals surface area contributed by atoms with Gasteiger partial charge in [-0.1, -0.05) is 20.3 Å². The van der Waals surface area contributed by atoms with Crippen LogP contribution in [0.3, 0.4) is 0 Å². The Labute approximate surface area is 70.5 Å². The van der Waals surface area contributed by atoms with Crippen LogP contribution >= 0.6 is 0 Å². The zero-order valence-corrected chi connectivity index (χ0v) is 8.11. The van der Waals surface area contributed by atoms with E-state index in [-0.39, 0.29) is 5.54 Å². The highest BCUT2D eigenvalue weighted by atomic mass is 14.9. The van der Waals surface area contributed by atoms with E-state index in [2.05, 4.69) is 12.2 Å². The van der Waals surface area contributed by atoms with Crippen molar-refractivity contribution in [2.75, 3.05) is 13.1 Å². The molecule has 1 aliphatic rings. The zero-order chi connectivity index (χ0) is 8.74. The molecule has 0 bridgehead atoms. The van der Waals surface area contributed by atoms with Gasteiger partial charge in [-0.25, -0.2) is 0 Å². The Kier molecular flexibility index (Phi) is 5.51. The van der Waals surface area contributed by atoms with Crippen molar-refractivity contribution in [2.45, 2.75) is 45.6 Å². The molecule has 1 unspecified atom stereocenters. The van der Waals surface area contributed by atoms with Crippen LogP contribution in [0.15, 0.2) is 0 Å². The zero-order valence-electron chi connectivity index (χ0n) is 8.11. The van der Waals surface area contributed by atoms with Gasteiger partial charge in [-0.2, -0.15) is 0 Å². The van der Waals surface area contributed by atoms with Gasteiger partial charge < -0.3 is 11.1 Å². The Hall–Kier alpha value is -0.0800. The lowest BCUT2D eigenvalue weighted by molar-refractivity contribution is 0.429. The number of hydrogen-bond acceptors (Lipinski definition) is 2. The molecule has 1 aliphatic heterocycles. The van der Waals surface area contributed by atoms with Crippen LogP contribution in [0.1, 0.15) is 40.0 Å². The smallest absolute Gasteiger partial charge is 0.0252 e. The fourth-order valence-corrected chi connectivity index (χ4v) is 1.24. The van der Waals surface area contributed by atoms with E-state index < -0.39 is 0 Å². The second kappa shape index (κ2) is 5.56. The van der Waals surface area contributed by atoms with Gasteiger partial charge in [0.15, 0.2) is 0 Å². The van der Waals surface area contributed by atoms with Gasteiger partial charge >= 0.3 is 0 Å². The van der Waals surface area contributed by atoms with Crippen molar-refractivity contribution in [3.63, 3.8) is 0 Å². The normalized spacial score (nSPS) is 31.6. The topological polar surface area (TPSA) is 38.0 Å². The highest BCUT2D eigenvalue weighted by Crippen LogP contribution is 2.11. The van der Waals surface area contributed by atoms with Gasteiger partial charge in [0, 0.05) is 12.1 Å². The molecule has 0 aromatic heterocycles. The first-order valence-corrected chi connectivity index (χ1v) is 4.70. The number of nitrogens with two attached hydrogens (primary N) is 1. The van der Waals surface area contributed by atoms with Gasteiger partial charge in [-0.15, -0.1) is 0 Å². The first-order chi connectivity index (χ1) is 5.21. The molecule has 0 amide bonds. The molecule has 1 fully saturated rings. The Bertz CT molecular complexity index is 79.6. The molecule has 0 aromatic carbocycles. The van der Waals surface area contributed by atoms with E-state index in [1.54, 1.807) is 0 Å². The lowest BCUT2D eigenvalue weighted by Gasteiger charge is -2.21. The van der Waals surface area contributed by atoms with Crippen LogP contribution in [0.25, 0.3) is 0 Å². The molecule has 0 aromatic rings. The summed E-state index contributed by atoms with van der Waals surface area (Å²) >= 11 is 0. The Morgan fingerprint density at radius 3 is 2.55 bits per heavy atom. The quantitative estimate of drug-likeness (QED) is 0.561. The van der Waals surface area contributed by atoms with Crippen molar-refractivity contribution in [3.8, 4) is 0 Å². The van der Waals surface area contributed by atoms with Gasteiger partial charge in [0.25, 0.3) is 0 Å². The highest BCUT2D eigenvalue weighted by molar-refractivity contribution is 4.83. The van der Waals surface area contributed by atoms with Crippen LogP contribution in [0.4, 0.5) is 0 Å². The summed E-state index contributed by atoms with van der Waals surface area (Å²) in [5.74, 6) is 0. The summed E-state index contributed by atoms with van der Waals surface area (Å²) in [5, 5.41) is 3.31. The molecule has 0 saturated carbocycles. The molecule has 1 heterocycles. The summed E-state index contributed by atoms with van der Waals surface area (Å²) < 4.78 is 0. The largest absolute Gasteiger partial charge is 0.324 e. The lowest BCUT2D eigenvalue weighted by Crippen LogP contribution is -2.44. The van der Waals surface area contributed by atoms with Crippen LogP contribution in [-0.4, -0.2) is 18.6 Å². The maximum Gasteiger partial charge on any atom is 0.0252 e. The highest BCUT2D eigenvalue weighted by Gasteiger charge is 2.18. The van der Waals surface area contributed by atoms with Gasteiger partial charge in [-0.3, -0.25) is 0 Å². The van der Waals surface area contributed by atoms with Crippen LogP contribution < -0.4 is 11.1 Å². The summed E-state index contributed by atoms with van der Waals surface area (Å²) in [6.07, 6.45) is 3.73. The lowest BCUT2D eigenvalue weighted by atomic mass is 9.98. The molecule has 2 heteroatoms. The van der Waals surface area contributed by atoms with Gasteiger partial charge in [0.2, 0.25) is 0 Å². The van der Waals surface area contributed by atoms with Crippen molar-refractivity contribution >= 4 is 0 Å². The van der Waals surface area contributed by atoms with Crippen molar-refractivity contribution in [1.29, 1.82) is 0 Å². The molecule has 0 radical (unpaired) electrons. The molecule has 3 N–H and O–H groups in total. The standard InChI is InChI=1S/C7H16N2.C2H6/c1-7(8)4-2-3-5-9-6-7;1-2/h9H,2-6,8H2,1H3;1-2H3. The molecule has 1 atom stereocenters. The third kappa shape index (κ3) is 5.22. The molecule has 1 saturated heterocycles. The summed E-state index contributed by atoms with van der Waals surface area (Å²) in [7, 11) is 0. The second-order valence-corrected chi connectivity index (χ2v) is 3.29. The van der Waals surface area contributed by atoms with Gasteiger partial charge in [0.1, 0.15) is 0 Å². The van der Waals surface area contributed by atoms with Crippen molar-refractivity contribution in [1.82, 2.24) is 5.32 Å². The van der Waals surface area contributed by atoms with Crippen LogP contribution in [0.5, 0.6) is 0 Å². The minimum absolute atomic E-state index is 0.0521. The van der Waals surface area contributed by atoms with Crippen LogP contribution in [0.2, 0.25) is 0 Å². The molecule has 68 valence electrons. The SMILES string of the molecule is CC.CC1(N)CCCCNC1. The first-order valence-electron chi connectivity index (χ1n) is 4.70. The molecule has 11 heavy (non-hydrogen) atoms. The maximum absolute atomic E-state index is 5.92. The molecule has 0 spiro atoms. The van der Waals surface area contributed by atoms with Crippen molar-refractivity contribution in [2.24, 2.45) is 5.73 Å². The minimum Gasteiger partial charge on any atom is -0.324 e. The molecule has 2 nitrogen and oxygen atoms in total. The predicted octanol–water partition coefficient (Wildman–Crippen LogP) is 1.50. The van der Waals surface area contributed by atoms with E-state index >= 15 is 0 Å². The molecular formula is C9H22N2. The Morgan fingerprint density at radius 2 is 1.91 bits per heavy atom. The maximum atomic E-state index is 5.92. The molecule has 1 rings (SSSR count). The summed E-state index contributed by atoms with van der Waals surface area (Å²) in [5.41, 5.74) is 5.97. The number of hydrogen-bond donors (Lipinski definition) is 2. The third-order valence-electron chi connectivity index (χ3n) is 1.88. The summed E-state index contributed by atoms with van der Waals surface area (Å²) in [6, 6.07) is 0. The second-order valence-electron chi connectivity index (χ2n) is 3.29. The predicted molar refractivity (Wildman–Crippen MR) is 50.7 cm³/mol. The van der Waals surface area contributed by atoms with Crippen molar-refractivity contribution in [3.05, 3.63) is 0 Å². The van der Waals surface area contributed by atoms with Gasteiger partial charge in [0.05, 0.1) is 0 Å². The fraction of sp³-hybridized carbons (Fsp3) is 1.00. The third-order valence-corrected chi connectivity index (χ3v) is 1.88. The molecule has 0 aliphatic carbocycles. The van der Waals surface area contributed by atoms with Gasteiger partial charge in [-0.05, 0) is 26.3 Å². The fourth-order valence-electron chi connectivity index (χ4n) is 1.24. The minimum atomic E-state index is 0.0521. The van der Waals surface area contributed by atoms with Crippen LogP contribution in [-0.2, 0) is 0 Å². The number of nitrogens with one attached hydrogen (secondary N) is 1. The average molecular weight is 158 g/mol. The Balaban J connectivity index is 0.000000461. The van der Waals surface area contributed by atoms with Crippen molar-refractivity contribution < 1.29 is 0 Å². The van der Waals surface area contributed by atoms with E-state index in [0.717, 1.165) is 13.1 Å². The van der Waals surface area contributed by atoms with E-state index in [1.807, 2.05) is 13.8 Å². The van der Waals surface area contributed by atoms with E-state index in [9.17, 15) is 0 Å². The van der Waals surface area contributed by atoms with Crippen LogP contribution in [0, 0.1) is 0 Å². The number of rotatable bonds is 0.